The van der Waals surface area contributed by atoms with E-state index in [0.29, 0.717) is 12.3 Å². The summed E-state index contributed by atoms with van der Waals surface area (Å²) in [7, 11) is 0. The van der Waals surface area contributed by atoms with Gasteiger partial charge in [0, 0.05) is 18.7 Å². The lowest BCUT2D eigenvalue weighted by Crippen LogP contribution is -2.36. The average molecular weight is 352 g/mol. The van der Waals surface area contributed by atoms with Crippen LogP contribution in [0.3, 0.4) is 0 Å². The minimum absolute atomic E-state index is 0.0506. The van der Waals surface area contributed by atoms with Crippen LogP contribution >= 0.6 is 11.6 Å². The van der Waals surface area contributed by atoms with Gasteiger partial charge in [-0.1, -0.05) is 23.7 Å². The summed E-state index contributed by atoms with van der Waals surface area (Å²) in [5.41, 5.74) is 0.862. The number of ether oxygens (including phenoxy) is 1. The van der Waals surface area contributed by atoms with Crippen LogP contribution in [0.4, 0.5) is 8.78 Å². The number of amides is 1. The zero-order valence-corrected chi connectivity index (χ0v) is 13.6. The van der Waals surface area contributed by atoms with Crippen molar-refractivity contribution < 1.29 is 18.3 Å². The molecule has 1 amide bonds. The average Bonchev–Trinajstić information content (AvgIpc) is 3.40. The summed E-state index contributed by atoms with van der Waals surface area (Å²) in [6.45, 7) is 0.261. The van der Waals surface area contributed by atoms with Gasteiger partial charge < -0.3 is 9.64 Å². The van der Waals surface area contributed by atoms with Crippen molar-refractivity contribution in [3.05, 3.63) is 64.7 Å². The van der Waals surface area contributed by atoms with Crippen LogP contribution in [0.5, 0.6) is 5.75 Å². The standard InChI is InChI=1S/C18H16ClF2NO2/c19-16-9-15(7-8-17(16)21)24-11-18(23)22(14-5-6-14)10-12-1-3-13(20)4-2-12/h1-4,7-9,14H,5-6,10-11H2. The predicted octanol–water partition coefficient (Wildman–Crippen LogP) is 4.19. The van der Waals surface area contributed by atoms with E-state index in [1.165, 1.54) is 30.3 Å². The summed E-state index contributed by atoms with van der Waals surface area (Å²) < 4.78 is 31.5. The Balaban J connectivity index is 1.62. The first-order chi connectivity index (χ1) is 11.5. The molecule has 0 saturated heterocycles. The number of nitrogens with zero attached hydrogens (tertiary/aromatic N) is 1. The van der Waals surface area contributed by atoms with Gasteiger partial charge in [-0.25, -0.2) is 8.78 Å². The van der Waals surface area contributed by atoms with Gasteiger partial charge in [0.05, 0.1) is 5.02 Å². The van der Waals surface area contributed by atoms with Gasteiger partial charge in [-0.3, -0.25) is 4.79 Å². The van der Waals surface area contributed by atoms with Crippen LogP contribution in [0.25, 0.3) is 0 Å². The van der Waals surface area contributed by atoms with Crippen LogP contribution in [-0.2, 0) is 11.3 Å². The highest BCUT2D eigenvalue weighted by molar-refractivity contribution is 6.30. The van der Waals surface area contributed by atoms with Crippen molar-refractivity contribution in [2.24, 2.45) is 0 Å². The first kappa shape index (κ1) is 16.7. The molecule has 0 heterocycles. The number of hydrogen-bond donors (Lipinski definition) is 0. The van der Waals surface area contributed by atoms with Crippen LogP contribution in [0.15, 0.2) is 42.5 Å². The number of rotatable bonds is 6. The fourth-order valence-corrected chi connectivity index (χ4v) is 2.56. The quantitative estimate of drug-likeness (QED) is 0.781. The Labute approximate surface area is 143 Å². The molecule has 3 nitrogen and oxygen atoms in total. The largest absolute Gasteiger partial charge is 0.484 e. The molecule has 1 aliphatic carbocycles. The summed E-state index contributed by atoms with van der Waals surface area (Å²) in [5, 5.41) is -0.0506. The van der Waals surface area contributed by atoms with E-state index in [9.17, 15) is 13.6 Å². The van der Waals surface area contributed by atoms with E-state index in [2.05, 4.69) is 0 Å². The third-order valence-electron chi connectivity index (χ3n) is 3.83. The minimum atomic E-state index is -0.536. The maximum Gasteiger partial charge on any atom is 0.261 e. The lowest BCUT2D eigenvalue weighted by atomic mass is 10.2. The number of halogens is 3. The van der Waals surface area contributed by atoms with Gasteiger partial charge in [0.1, 0.15) is 17.4 Å². The highest BCUT2D eigenvalue weighted by Gasteiger charge is 2.32. The normalized spacial score (nSPS) is 13.6. The Morgan fingerprint density at radius 1 is 1.17 bits per heavy atom. The van der Waals surface area contributed by atoms with Crippen molar-refractivity contribution in [2.45, 2.75) is 25.4 Å². The third kappa shape index (κ3) is 4.23. The summed E-state index contributed by atoms with van der Waals surface area (Å²) in [6, 6.07) is 10.2. The molecular weight excluding hydrogens is 336 g/mol. The Morgan fingerprint density at radius 2 is 1.88 bits per heavy atom. The molecule has 2 aromatic rings. The number of benzene rings is 2. The Kier molecular flexibility index (Phi) is 5.00. The van der Waals surface area contributed by atoms with Crippen molar-refractivity contribution >= 4 is 17.5 Å². The second-order valence-electron chi connectivity index (χ2n) is 5.74. The van der Waals surface area contributed by atoms with Crippen LogP contribution < -0.4 is 4.74 Å². The van der Waals surface area contributed by atoms with Crippen molar-refractivity contribution in [1.29, 1.82) is 0 Å². The Morgan fingerprint density at radius 3 is 2.50 bits per heavy atom. The van der Waals surface area contributed by atoms with Crippen molar-refractivity contribution in [2.75, 3.05) is 6.61 Å². The van der Waals surface area contributed by atoms with E-state index in [-0.39, 0.29) is 29.4 Å². The molecule has 0 bridgehead atoms. The Hall–Kier alpha value is -2.14. The van der Waals surface area contributed by atoms with Gasteiger partial charge in [0.2, 0.25) is 0 Å². The topological polar surface area (TPSA) is 29.5 Å². The third-order valence-corrected chi connectivity index (χ3v) is 4.12. The molecule has 2 aromatic carbocycles. The molecule has 0 atom stereocenters. The fourth-order valence-electron chi connectivity index (χ4n) is 2.39. The minimum Gasteiger partial charge on any atom is -0.484 e. The molecule has 0 aromatic heterocycles. The lowest BCUT2D eigenvalue weighted by Gasteiger charge is -2.22. The molecule has 0 radical (unpaired) electrons. The van der Waals surface area contributed by atoms with Gasteiger partial charge in [0.15, 0.2) is 6.61 Å². The first-order valence-electron chi connectivity index (χ1n) is 7.64. The zero-order valence-electron chi connectivity index (χ0n) is 12.8. The van der Waals surface area contributed by atoms with E-state index >= 15 is 0 Å². The molecule has 0 spiro atoms. The second kappa shape index (κ2) is 7.18. The van der Waals surface area contributed by atoms with Crippen LogP contribution in [0, 0.1) is 11.6 Å². The highest BCUT2D eigenvalue weighted by atomic mass is 35.5. The van der Waals surface area contributed by atoms with Crippen molar-refractivity contribution in [3.8, 4) is 5.75 Å². The van der Waals surface area contributed by atoms with E-state index in [1.54, 1.807) is 17.0 Å². The van der Waals surface area contributed by atoms with E-state index in [1.807, 2.05) is 0 Å². The van der Waals surface area contributed by atoms with E-state index < -0.39 is 5.82 Å². The van der Waals surface area contributed by atoms with Gasteiger partial charge in [0.25, 0.3) is 5.91 Å². The van der Waals surface area contributed by atoms with Gasteiger partial charge in [-0.05, 0) is 42.7 Å². The molecule has 126 valence electrons. The second-order valence-corrected chi connectivity index (χ2v) is 6.15. The van der Waals surface area contributed by atoms with Crippen LogP contribution in [0.2, 0.25) is 5.02 Å². The molecule has 6 heteroatoms. The van der Waals surface area contributed by atoms with Crippen molar-refractivity contribution in [1.82, 2.24) is 4.90 Å². The molecule has 3 rings (SSSR count). The van der Waals surface area contributed by atoms with Gasteiger partial charge >= 0.3 is 0 Å². The molecule has 0 aliphatic heterocycles. The smallest absolute Gasteiger partial charge is 0.261 e. The molecule has 1 aliphatic rings. The maximum atomic E-state index is 13.1. The molecular formula is C18H16ClF2NO2. The highest BCUT2D eigenvalue weighted by Crippen LogP contribution is 2.29. The zero-order chi connectivity index (χ0) is 17.1. The molecule has 24 heavy (non-hydrogen) atoms. The molecule has 0 N–H and O–H groups in total. The SMILES string of the molecule is O=C(COc1ccc(F)c(Cl)c1)N(Cc1ccc(F)cc1)C1CC1. The Bertz CT molecular complexity index is 732. The first-order valence-corrected chi connectivity index (χ1v) is 8.02. The fraction of sp³-hybridized carbons (Fsp3) is 0.278. The number of hydrogen-bond acceptors (Lipinski definition) is 2. The summed E-state index contributed by atoms with van der Waals surface area (Å²) in [5.74, 6) is -0.666. The summed E-state index contributed by atoms with van der Waals surface area (Å²) in [6.07, 6.45) is 1.91. The van der Waals surface area contributed by atoms with Gasteiger partial charge in [-0.15, -0.1) is 0 Å². The van der Waals surface area contributed by atoms with E-state index in [0.717, 1.165) is 18.4 Å². The number of carbonyl (C=O) groups excluding carboxylic acids is 1. The van der Waals surface area contributed by atoms with Gasteiger partial charge in [-0.2, -0.15) is 0 Å². The summed E-state index contributed by atoms with van der Waals surface area (Å²) in [4.78, 5) is 14.2. The molecule has 0 unspecified atom stereocenters. The van der Waals surface area contributed by atoms with Crippen LogP contribution in [0.1, 0.15) is 18.4 Å². The number of carbonyl (C=O) groups is 1. The maximum absolute atomic E-state index is 13.1. The lowest BCUT2D eigenvalue weighted by molar-refractivity contribution is -0.134. The predicted molar refractivity (Wildman–Crippen MR) is 86.9 cm³/mol. The molecule has 1 fully saturated rings. The summed E-state index contributed by atoms with van der Waals surface area (Å²) >= 11 is 5.69. The van der Waals surface area contributed by atoms with Crippen molar-refractivity contribution in [3.63, 3.8) is 0 Å². The van der Waals surface area contributed by atoms with E-state index in [4.69, 9.17) is 16.3 Å². The monoisotopic (exact) mass is 351 g/mol. The van der Waals surface area contributed by atoms with Crippen LogP contribution in [-0.4, -0.2) is 23.5 Å². The molecule has 1 saturated carbocycles.